The molecule has 3 heteroatoms. The lowest BCUT2D eigenvalue weighted by Gasteiger charge is -2.03. The van der Waals surface area contributed by atoms with Crippen LogP contribution in [0.25, 0.3) is 0 Å². The van der Waals surface area contributed by atoms with E-state index in [4.69, 9.17) is 5.11 Å². The van der Waals surface area contributed by atoms with Crippen LogP contribution < -0.4 is 5.32 Å². The summed E-state index contributed by atoms with van der Waals surface area (Å²) in [5, 5.41) is 11.4. The van der Waals surface area contributed by atoms with Gasteiger partial charge in [-0.3, -0.25) is 4.79 Å². The quantitative estimate of drug-likeness (QED) is 0.224. The summed E-state index contributed by atoms with van der Waals surface area (Å²) in [6.45, 7) is 13.2. The molecular formula is C27H45NO2. The van der Waals surface area contributed by atoms with Gasteiger partial charge in [-0.1, -0.05) is 52.2 Å². The molecule has 0 aromatic rings. The van der Waals surface area contributed by atoms with Crippen molar-refractivity contribution in [2.24, 2.45) is 0 Å². The van der Waals surface area contributed by atoms with Crippen LogP contribution in [0.3, 0.4) is 0 Å². The predicted octanol–water partition coefficient (Wildman–Crippen LogP) is 6.97. The van der Waals surface area contributed by atoms with Gasteiger partial charge in [0.15, 0.2) is 0 Å². The van der Waals surface area contributed by atoms with E-state index in [0.29, 0.717) is 6.54 Å². The maximum absolute atomic E-state index is 11.6. The van der Waals surface area contributed by atoms with Gasteiger partial charge in [0.25, 0.3) is 0 Å². The lowest BCUT2D eigenvalue weighted by Crippen LogP contribution is -2.24. The monoisotopic (exact) mass is 415 g/mol. The standard InChI is InChI=1S/C27H45NO2/c1-22(2)11-7-12-23(3)13-8-14-24(4)15-9-16-25(5)17-10-18-26(6)21-27(30)28-19-20-29/h11,13,15,17,21,29H,7-10,12,14,16,18-20H2,1-6H3,(H,28,30)/b23-13+,24-15+,25-17+,26-21+. The Morgan fingerprint density at radius 2 is 1.07 bits per heavy atom. The summed E-state index contributed by atoms with van der Waals surface area (Å²) >= 11 is 0. The van der Waals surface area contributed by atoms with E-state index >= 15 is 0 Å². The molecular weight excluding hydrogens is 370 g/mol. The molecule has 0 rings (SSSR count). The Hall–Kier alpha value is -1.87. The Balaban J connectivity index is 4.12. The van der Waals surface area contributed by atoms with Gasteiger partial charge in [-0.25, -0.2) is 0 Å². The van der Waals surface area contributed by atoms with E-state index < -0.39 is 0 Å². The molecule has 0 unspecified atom stereocenters. The van der Waals surface area contributed by atoms with Gasteiger partial charge in [0.1, 0.15) is 0 Å². The number of nitrogens with one attached hydrogen (secondary N) is 1. The third-order valence-electron chi connectivity index (χ3n) is 4.97. The Morgan fingerprint density at radius 3 is 1.47 bits per heavy atom. The van der Waals surface area contributed by atoms with Crippen molar-refractivity contribution < 1.29 is 9.90 Å². The minimum Gasteiger partial charge on any atom is -0.395 e. The highest BCUT2D eigenvalue weighted by atomic mass is 16.3. The van der Waals surface area contributed by atoms with Gasteiger partial charge < -0.3 is 10.4 Å². The Labute approximate surface area is 185 Å². The summed E-state index contributed by atoms with van der Waals surface area (Å²) in [5.74, 6) is -0.124. The fourth-order valence-corrected chi connectivity index (χ4v) is 3.06. The first-order valence-corrected chi connectivity index (χ1v) is 11.4. The number of allylic oxidation sites excluding steroid dienone is 9. The van der Waals surface area contributed by atoms with Crippen LogP contribution >= 0.6 is 0 Å². The molecule has 30 heavy (non-hydrogen) atoms. The van der Waals surface area contributed by atoms with Crippen LogP contribution in [-0.2, 0) is 4.79 Å². The average Bonchev–Trinajstić information content (AvgIpc) is 2.66. The topological polar surface area (TPSA) is 49.3 Å². The molecule has 1 amide bonds. The van der Waals surface area contributed by atoms with Crippen LogP contribution in [0, 0.1) is 0 Å². The van der Waals surface area contributed by atoms with E-state index in [9.17, 15) is 4.79 Å². The minimum absolute atomic E-state index is 0.0264. The molecule has 0 aliphatic heterocycles. The molecule has 0 saturated carbocycles. The molecule has 0 bridgehead atoms. The van der Waals surface area contributed by atoms with Crippen molar-refractivity contribution in [2.45, 2.75) is 92.9 Å². The predicted molar refractivity (Wildman–Crippen MR) is 131 cm³/mol. The summed E-state index contributed by atoms with van der Waals surface area (Å²) in [4.78, 5) is 11.6. The van der Waals surface area contributed by atoms with Gasteiger partial charge in [0.05, 0.1) is 6.61 Å². The molecule has 0 aromatic heterocycles. The second-order valence-electron chi connectivity index (χ2n) is 8.59. The Morgan fingerprint density at radius 1 is 0.667 bits per heavy atom. The molecule has 0 aliphatic carbocycles. The number of amides is 1. The molecule has 0 saturated heterocycles. The number of rotatable bonds is 15. The first-order chi connectivity index (χ1) is 14.2. The maximum Gasteiger partial charge on any atom is 0.244 e. The third-order valence-corrected chi connectivity index (χ3v) is 4.97. The highest BCUT2D eigenvalue weighted by Gasteiger charge is 1.98. The summed E-state index contributed by atoms with van der Waals surface area (Å²) in [7, 11) is 0. The maximum atomic E-state index is 11.6. The number of aliphatic hydroxyl groups excluding tert-OH is 1. The molecule has 0 heterocycles. The van der Waals surface area contributed by atoms with Gasteiger partial charge >= 0.3 is 0 Å². The van der Waals surface area contributed by atoms with Gasteiger partial charge in [0.2, 0.25) is 5.91 Å². The number of hydrogen-bond acceptors (Lipinski definition) is 2. The van der Waals surface area contributed by atoms with Crippen LogP contribution in [0.15, 0.2) is 58.2 Å². The Kier molecular flexibility index (Phi) is 16.8. The van der Waals surface area contributed by atoms with Crippen LogP contribution in [-0.4, -0.2) is 24.2 Å². The number of hydrogen-bond donors (Lipinski definition) is 2. The van der Waals surface area contributed by atoms with Crippen molar-refractivity contribution >= 4 is 5.91 Å². The SMILES string of the molecule is CC(C)=CCC/C(C)=C/CC/C(C)=C/CC/C(C)=C/CC/C(C)=C/C(=O)NCCO. The lowest BCUT2D eigenvalue weighted by atomic mass is 10.0. The molecule has 170 valence electrons. The van der Waals surface area contributed by atoms with Gasteiger partial charge in [-0.05, 0) is 92.9 Å². The number of carbonyl (C=O) groups is 1. The largest absolute Gasteiger partial charge is 0.395 e. The average molecular weight is 416 g/mol. The fourth-order valence-electron chi connectivity index (χ4n) is 3.06. The van der Waals surface area contributed by atoms with Crippen molar-refractivity contribution in [3.8, 4) is 0 Å². The van der Waals surface area contributed by atoms with Crippen molar-refractivity contribution in [1.29, 1.82) is 0 Å². The smallest absolute Gasteiger partial charge is 0.244 e. The van der Waals surface area contributed by atoms with E-state index in [0.717, 1.165) is 50.5 Å². The summed E-state index contributed by atoms with van der Waals surface area (Å²) in [6.07, 6.45) is 19.6. The van der Waals surface area contributed by atoms with Crippen molar-refractivity contribution in [1.82, 2.24) is 5.32 Å². The first-order valence-electron chi connectivity index (χ1n) is 11.4. The summed E-state index contributed by atoms with van der Waals surface area (Å²) in [5.41, 5.74) is 6.85. The minimum atomic E-state index is -0.124. The zero-order valence-corrected chi connectivity index (χ0v) is 20.3. The normalized spacial score (nSPS) is 13.4. The lowest BCUT2D eigenvalue weighted by molar-refractivity contribution is -0.116. The fraction of sp³-hybridized carbons (Fsp3) is 0.593. The molecule has 2 N–H and O–H groups in total. The van der Waals surface area contributed by atoms with Gasteiger partial charge in [0, 0.05) is 12.6 Å². The van der Waals surface area contributed by atoms with Crippen molar-refractivity contribution in [3.05, 3.63) is 58.2 Å². The highest BCUT2D eigenvalue weighted by Crippen LogP contribution is 2.14. The molecule has 0 aliphatic rings. The summed E-state index contributed by atoms with van der Waals surface area (Å²) in [6, 6.07) is 0. The second kappa shape index (κ2) is 17.9. The molecule has 0 aromatic carbocycles. The Bertz CT molecular complexity index is 644. The molecule has 3 nitrogen and oxygen atoms in total. The molecule has 0 radical (unpaired) electrons. The third kappa shape index (κ3) is 18.2. The zero-order chi connectivity index (χ0) is 22.8. The van der Waals surface area contributed by atoms with E-state index in [1.165, 1.54) is 28.7 Å². The van der Waals surface area contributed by atoms with Crippen LogP contribution in [0.1, 0.15) is 92.9 Å². The second-order valence-corrected chi connectivity index (χ2v) is 8.59. The van der Waals surface area contributed by atoms with E-state index in [2.05, 4.69) is 64.2 Å². The van der Waals surface area contributed by atoms with Crippen LogP contribution in [0.4, 0.5) is 0 Å². The molecule has 0 spiro atoms. The number of aliphatic hydroxyl groups is 1. The van der Waals surface area contributed by atoms with Crippen molar-refractivity contribution in [3.63, 3.8) is 0 Å². The van der Waals surface area contributed by atoms with E-state index in [-0.39, 0.29) is 12.5 Å². The van der Waals surface area contributed by atoms with Crippen LogP contribution in [0.5, 0.6) is 0 Å². The highest BCUT2D eigenvalue weighted by molar-refractivity contribution is 5.88. The molecule has 0 atom stereocenters. The molecule has 0 fully saturated rings. The first kappa shape index (κ1) is 28.1. The zero-order valence-electron chi connectivity index (χ0n) is 20.3. The van der Waals surface area contributed by atoms with Gasteiger partial charge in [-0.15, -0.1) is 0 Å². The number of carbonyl (C=O) groups excluding carboxylic acids is 1. The van der Waals surface area contributed by atoms with Crippen LogP contribution in [0.2, 0.25) is 0 Å². The van der Waals surface area contributed by atoms with Crippen molar-refractivity contribution in [2.75, 3.05) is 13.2 Å². The van der Waals surface area contributed by atoms with E-state index in [1.807, 2.05) is 6.92 Å². The van der Waals surface area contributed by atoms with E-state index in [1.54, 1.807) is 6.08 Å². The van der Waals surface area contributed by atoms with Gasteiger partial charge in [-0.2, -0.15) is 0 Å². The summed E-state index contributed by atoms with van der Waals surface area (Å²) < 4.78 is 0.